The van der Waals surface area contributed by atoms with Crippen LogP contribution in [0.25, 0.3) is 0 Å². The maximum absolute atomic E-state index is 13.5. The molecule has 0 aromatic heterocycles. The molecule has 0 unspecified atom stereocenters. The number of hydrogen-bond acceptors (Lipinski definition) is 1. The van der Waals surface area contributed by atoms with Crippen LogP contribution in [-0.2, 0) is 6.42 Å². The Morgan fingerprint density at radius 2 is 1.73 bits per heavy atom. The van der Waals surface area contributed by atoms with Crippen molar-refractivity contribution in [2.24, 2.45) is 0 Å². The van der Waals surface area contributed by atoms with E-state index < -0.39 is 11.6 Å². The van der Waals surface area contributed by atoms with Crippen molar-refractivity contribution in [3.05, 3.63) is 64.7 Å². The Morgan fingerprint density at radius 1 is 1.05 bits per heavy atom. The molecule has 116 valence electrons. The fraction of sp³-hybridized carbons (Fsp3) is 0.188. The summed E-state index contributed by atoms with van der Waals surface area (Å²) in [4.78, 5) is 0. The summed E-state index contributed by atoms with van der Waals surface area (Å²) in [6.45, 7) is 0.577. The molecule has 2 rings (SSSR count). The smallest absolute Gasteiger partial charge is 0.170 e. The Hall–Kier alpha value is -1.72. The lowest BCUT2D eigenvalue weighted by molar-refractivity contribution is 0.591. The van der Waals surface area contributed by atoms with Gasteiger partial charge < -0.3 is 10.6 Å². The van der Waals surface area contributed by atoms with Gasteiger partial charge in [-0.15, -0.1) is 0 Å². The van der Waals surface area contributed by atoms with E-state index in [0.29, 0.717) is 6.54 Å². The van der Waals surface area contributed by atoms with Crippen molar-refractivity contribution in [2.75, 3.05) is 11.9 Å². The molecule has 0 aliphatic heterocycles. The van der Waals surface area contributed by atoms with Crippen LogP contribution in [-0.4, -0.2) is 11.7 Å². The van der Waals surface area contributed by atoms with E-state index in [0.717, 1.165) is 23.4 Å². The molecule has 2 aromatic rings. The Kier molecular flexibility index (Phi) is 6.10. The number of benzene rings is 2. The lowest BCUT2D eigenvalue weighted by Gasteiger charge is -2.12. The van der Waals surface area contributed by atoms with E-state index in [1.807, 2.05) is 24.3 Å². The first-order chi connectivity index (χ1) is 10.6. The van der Waals surface area contributed by atoms with Crippen molar-refractivity contribution in [2.45, 2.75) is 12.8 Å². The van der Waals surface area contributed by atoms with Crippen molar-refractivity contribution >= 4 is 34.6 Å². The summed E-state index contributed by atoms with van der Waals surface area (Å²) in [5.41, 5.74) is 0.816. The molecule has 6 heteroatoms. The average molecular weight is 341 g/mol. The minimum Gasteiger partial charge on any atom is -0.362 e. The van der Waals surface area contributed by atoms with E-state index in [1.165, 1.54) is 18.2 Å². The highest BCUT2D eigenvalue weighted by Crippen LogP contribution is 2.18. The maximum atomic E-state index is 13.5. The van der Waals surface area contributed by atoms with Crippen LogP contribution in [0, 0.1) is 11.6 Å². The monoisotopic (exact) mass is 340 g/mol. The SMILES string of the molecule is Fc1cccc(F)c1NC(=S)NCCCc1ccccc1Cl. The Labute approximate surface area is 138 Å². The van der Waals surface area contributed by atoms with E-state index in [2.05, 4.69) is 10.6 Å². The van der Waals surface area contributed by atoms with Crippen LogP contribution >= 0.6 is 23.8 Å². The molecular formula is C16H15ClF2N2S. The molecule has 0 saturated carbocycles. The summed E-state index contributed by atoms with van der Waals surface area (Å²) >= 11 is 11.1. The van der Waals surface area contributed by atoms with Crippen LogP contribution in [0.4, 0.5) is 14.5 Å². The number of halogens is 3. The molecule has 2 aromatic carbocycles. The maximum Gasteiger partial charge on any atom is 0.170 e. The van der Waals surface area contributed by atoms with Crippen molar-refractivity contribution in [3.63, 3.8) is 0 Å². The van der Waals surface area contributed by atoms with Gasteiger partial charge >= 0.3 is 0 Å². The average Bonchev–Trinajstić information content (AvgIpc) is 2.49. The molecular weight excluding hydrogens is 326 g/mol. The number of aryl methyl sites for hydroxylation is 1. The normalized spacial score (nSPS) is 10.3. The van der Waals surface area contributed by atoms with E-state index in [1.54, 1.807) is 0 Å². The minimum absolute atomic E-state index is 0.183. The van der Waals surface area contributed by atoms with Crippen LogP contribution < -0.4 is 10.6 Å². The van der Waals surface area contributed by atoms with E-state index >= 15 is 0 Å². The van der Waals surface area contributed by atoms with Gasteiger partial charge in [-0.2, -0.15) is 0 Å². The van der Waals surface area contributed by atoms with Gasteiger partial charge in [-0.3, -0.25) is 0 Å². The molecule has 0 aliphatic rings. The van der Waals surface area contributed by atoms with Gasteiger partial charge in [-0.05, 0) is 48.8 Å². The lowest BCUT2D eigenvalue weighted by atomic mass is 10.1. The van der Waals surface area contributed by atoms with Crippen molar-refractivity contribution in [1.82, 2.24) is 5.32 Å². The standard InChI is InChI=1S/C16H15ClF2N2S/c17-12-7-2-1-5-11(12)6-4-10-20-16(22)21-15-13(18)8-3-9-14(15)19/h1-3,5,7-9H,4,6,10H2,(H2,20,21,22). The van der Waals surface area contributed by atoms with Crippen LogP contribution in [0.3, 0.4) is 0 Å². The quantitative estimate of drug-likeness (QED) is 0.617. The molecule has 0 fully saturated rings. The van der Waals surface area contributed by atoms with Gasteiger partial charge in [0.15, 0.2) is 5.11 Å². The summed E-state index contributed by atoms with van der Waals surface area (Å²) in [6, 6.07) is 11.3. The zero-order chi connectivity index (χ0) is 15.9. The molecule has 0 radical (unpaired) electrons. The van der Waals surface area contributed by atoms with E-state index in [-0.39, 0.29) is 10.8 Å². The van der Waals surface area contributed by atoms with Gasteiger partial charge in [0.2, 0.25) is 0 Å². The Bertz CT molecular complexity index is 644. The summed E-state index contributed by atoms with van der Waals surface area (Å²) in [6.07, 6.45) is 1.59. The molecule has 2 nitrogen and oxygen atoms in total. The highest BCUT2D eigenvalue weighted by atomic mass is 35.5. The summed E-state index contributed by atoms with van der Waals surface area (Å²) in [5.74, 6) is -1.36. The van der Waals surface area contributed by atoms with Gasteiger partial charge in [-0.25, -0.2) is 8.78 Å². The predicted octanol–water partition coefficient (Wildman–Crippen LogP) is 4.54. The fourth-order valence-corrected chi connectivity index (χ4v) is 2.39. The van der Waals surface area contributed by atoms with Gasteiger partial charge in [0.1, 0.15) is 17.3 Å². The second-order valence-corrected chi connectivity index (χ2v) is 5.49. The highest BCUT2D eigenvalue weighted by Gasteiger charge is 2.09. The fourth-order valence-electron chi connectivity index (χ4n) is 1.96. The Balaban J connectivity index is 1.78. The molecule has 0 bridgehead atoms. The molecule has 2 N–H and O–H groups in total. The number of thiocarbonyl (C=S) groups is 1. The van der Waals surface area contributed by atoms with Crippen LogP contribution in [0.1, 0.15) is 12.0 Å². The van der Waals surface area contributed by atoms with Crippen molar-refractivity contribution in [1.29, 1.82) is 0 Å². The second-order valence-electron chi connectivity index (χ2n) is 4.67. The molecule has 0 heterocycles. The third-order valence-corrected chi connectivity index (χ3v) is 3.68. The van der Waals surface area contributed by atoms with Crippen molar-refractivity contribution < 1.29 is 8.78 Å². The summed E-state index contributed by atoms with van der Waals surface area (Å²) < 4.78 is 26.9. The molecule has 22 heavy (non-hydrogen) atoms. The van der Waals surface area contributed by atoms with Gasteiger partial charge in [0, 0.05) is 11.6 Å². The zero-order valence-electron chi connectivity index (χ0n) is 11.7. The predicted molar refractivity (Wildman–Crippen MR) is 90.4 cm³/mol. The minimum atomic E-state index is -0.680. The van der Waals surface area contributed by atoms with Gasteiger partial charge in [-0.1, -0.05) is 35.9 Å². The zero-order valence-corrected chi connectivity index (χ0v) is 13.3. The summed E-state index contributed by atoms with van der Waals surface area (Å²) in [7, 11) is 0. The summed E-state index contributed by atoms with van der Waals surface area (Å²) in [5, 5.41) is 6.37. The second kappa shape index (κ2) is 8.06. The van der Waals surface area contributed by atoms with E-state index in [4.69, 9.17) is 23.8 Å². The van der Waals surface area contributed by atoms with Gasteiger partial charge in [0.25, 0.3) is 0 Å². The third-order valence-electron chi connectivity index (χ3n) is 3.07. The number of nitrogens with one attached hydrogen (secondary N) is 2. The first-order valence-corrected chi connectivity index (χ1v) is 7.59. The molecule has 0 spiro atoms. The number of para-hydroxylation sites is 1. The third kappa shape index (κ3) is 4.64. The number of anilines is 1. The van der Waals surface area contributed by atoms with E-state index in [9.17, 15) is 8.78 Å². The Morgan fingerprint density at radius 3 is 2.41 bits per heavy atom. The van der Waals surface area contributed by atoms with Crippen LogP contribution in [0.2, 0.25) is 5.02 Å². The van der Waals surface area contributed by atoms with Crippen LogP contribution in [0.15, 0.2) is 42.5 Å². The lowest BCUT2D eigenvalue weighted by Crippen LogP contribution is -2.30. The number of hydrogen-bond donors (Lipinski definition) is 2. The molecule has 0 aliphatic carbocycles. The number of rotatable bonds is 5. The first kappa shape index (κ1) is 16.6. The largest absolute Gasteiger partial charge is 0.362 e. The van der Waals surface area contributed by atoms with Gasteiger partial charge in [0.05, 0.1) is 0 Å². The topological polar surface area (TPSA) is 24.1 Å². The highest BCUT2D eigenvalue weighted by molar-refractivity contribution is 7.80. The van der Waals surface area contributed by atoms with Crippen molar-refractivity contribution in [3.8, 4) is 0 Å². The molecule has 0 atom stereocenters. The van der Waals surface area contributed by atoms with Crippen LogP contribution in [0.5, 0.6) is 0 Å². The molecule has 0 amide bonds. The molecule has 0 saturated heterocycles. The first-order valence-electron chi connectivity index (χ1n) is 6.80.